The summed E-state index contributed by atoms with van der Waals surface area (Å²) < 4.78 is 0. The molecule has 21 heavy (non-hydrogen) atoms. The topological polar surface area (TPSA) is 63.4 Å². The van der Waals surface area contributed by atoms with E-state index in [2.05, 4.69) is 0 Å². The highest BCUT2D eigenvalue weighted by atomic mass is 16.1. The van der Waals surface area contributed by atoms with Crippen LogP contribution in [0.15, 0.2) is 12.1 Å². The van der Waals surface area contributed by atoms with E-state index < -0.39 is 0 Å². The maximum atomic E-state index is 12.6. The molecule has 1 heterocycles. The van der Waals surface area contributed by atoms with Gasteiger partial charge in [0.25, 0.3) is 0 Å². The van der Waals surface area contributed by atoms with E-state index in [0.717, 1.165) is 42.5 Å². The summed E-state index contributed by atoms with van der Waals surface area (Å²) in [6.07, 6.45) is 2.78. The fraction of sp³-hybridized carbons (Fsp3) is 0.529. The van der Waals surface area contributed by atoms with Crippen molar-refractivity contribution in [2.75, 3.05) is 13.1 Å². The number of primary amides is 1. The number of piperidine rings is 1. The van der Waals surface area contributed by atoms with Gasteiger partial charge in [-0.05, 0) is 62.9 Å². The summed E-state index contributed by atoms with van der Waals surface area (Å²) in [6, 6.07) is 3.70. The van der Waals surface area contributed by atoms with Gasteiger partial charge >= 0.3 is 0 Å². The highest BCUT2D eigenvalue weighted by Gasteiger charge is 2.28. The summed E-state index contributed by atoms with van der Waals surface area (Å²) in [5.74, 6) is -0.247. The zero-order chi connectivity index (χ0) is 15.6. The van der Waals surface area contributed by atoms with E-state index in [1.165, 1.54) is 5.56 Å². The van der Waals surface area contributed by atoms with E-state index >= 15 is 0 Å². The number of nitrogens with zero attached hydrogens (tertiary/aromatic N) is 1. The number of Topliss-reactive ketones (excluding diaryl/α,β-unsaturated/α-hetero) is 1. The zero-order valence-corrected chi connectivity index (χ0v) is 13.1. The number of rotatable bonds is 4. The number of likely N-dealkylation sites (tertiary alicyclic amines) is 1. The molecule has 0 aliphatic carbocycles. The molecule has 114 valence electrons. The Morgan fingerprint density at radius 2 is 1.81 bits per heavy atom. The molecular weight excluding hydrogens is 264 g/mol. The Morgan fingerprint density at radius 1 is 1.14 bits per heavy atom. The van der Waals surface area contributed by atoms with Crippen LogP contribution in [0, 0.1) is 20.8 Å². The van der Waals surface area contributed by atoms with Crippen molar-refractivity contribution in [2.45, 2.75) is 46.1 Å². The first-order valence-corrected chi connectivity index (χ1v) is 7.54. The number of aryl methyl sites for hydroxylation is 3. The number of ketones is 1. The molecular formula is C17H24N2O2. The summed E-state index contributed by atoms with van der Waals surface area (Å²) in [7, 11) is 0. The number of nitrogens with two attached hydrogens (primary N) is 1. The van der Waals surface area contributed by atoms with Crippen LogP contribution < -0.4 is 5.73 Å². The number of benzene rings is 1. The molecule has 1 saturated heterocycles. The van der Waals surface area contributed by atoms with Crippen LogP contribution in [0.25, 0.3) is 0 Å². The number of carbonyl (C=O) groups is 2. The van der Waals surface area contributed by atoms with Gasteiger partial charge in [0.1, 0.15) is 0 Å². The van der Waals surface area contributed by atoms with Crippen molar-refractivity contribution in [3.63, 3.8) is 0 Å². The zero-order valence-electron chi connectivity index (χ0n) is 13.1. The molecule has 1 aliphatic heterocycles. The third kappa shape index (κ3) is 3.50. The molecule has 2 rings (SSSR count). The van der Waals surface area contributed by atoms with Crippen molar-refractivity contribution < 1.29 is 9.59 Å². The molecule has 4 nitrogen and oxygen atoms in total. The molecule has 1 aromatic carbocycles. The van der Waals surface area contributed by atoms with Gasteiger partial charge in [-0.3, -0.25) is 14.5 Å². The van der Waals surface area contributed by atoms with Crippen molar-refractivity contribution in [3.05, 3.63) is 34.4 Å². The van der Waals surface area contributed by atoms with E-state index in [-0.39, 0.29) is 24.3 Å². The van der Waals surface area contributed by atoms with E-state index in [1.54, 1.807) is 0 Å². The van der Waals surface area contributed by atoms with Gasteiger partial charge in [-0.2, -0.15) is 0 Å². The van der Waals surface area contributed by atoms with Gasteiger partial charge in [-0.25, -0.2) is 0 Å². The molecule has 0 spiro atoms. The molecule has 1 unspecified atom stereocenters. The molecule has 0 aromatic heterocycles. The Kier molecular flexibility index (Phi) is 4.78. The highest BCUT2D eigenvalue weighted by molar-refractivity contribution is 5.99. The van der Waals surface area contributed by atoms with Crippen LogP contribution in [0.3, 0.4) is 0 Å². The van der Waals surface area contributed by atoms with E-state index in [9.17, 15) is 9.59 Å². The van der Waals surface area contributed by atoms with Crippen LogP contribution in [0.5, 0.6) is 0 Å². The maximum Gasteiger partial charge on any atom is 0.234 e. The Labute approximate surface area is 126 Å². The number of amides is 1. The lowest BCUT2D eigenvalue weighted by Gasteiger charge is -2.33. The quantitative estimate of drug-likeness (QED) is 0.863. The molecule has 0 radical (unpaired) electrons. The summed E-state index contributed by atoms with van der Waals surface area (Å²) >= 11 is 0. The van der Waals surface area contributed by atoms with Crippen LogP contribution >= 0.6 is 0 Å². The summed E-state index contributed by atoms with van der Waals surface area (Å²) in [4.78, 5) is 26.0. The normalized spacial score (nSPS) is 19.5. The van der Waals surface area contributed by atoms with Crippen molar-refractivity contribution in [2.24, 2.45) is 5.73 Å². The summed E-state index contributed by atoms with van der Waals surface area (Å²) in [5, 5.41) is 0. The molecule has 4 heteroatoms. The third-order valence-electron chi connectivity index (χ3n) is 4.43. The van der Waals surface area contributed by atoms with Gasteiger partial charge in [0.05, 0.1) is 12.6 Å². The van der Waals surface area contributed by atoms with Crippen LogP contribution in [0.1, 0.15) is 46.3 Å². The average molecular weight is 288 g/mol. The Balaban J connectivity index is 2.17. The van der Waals surface area contributed by atoms with Gasteiger partial charge in [0.2, 0.25) is 5.91 Å². The molecule has 0 saturated carbocycles. The maximum absolute atomic E-state index is 12.6. The molecule has 0 bridgehead atoms. The standard InChI is InChI=1S/C17H24N2O2/c1-11-8-13(3)14(9-12(11)2)16(20)10-19-7-5-4-6-15(19)17(18)21/h8-9,15H,4-7,10H2,1-3H3,(H2,18,21). The first-order chi connectivity index (χ1) is 9.90. The molecule has 1 aliphatic rings. The first kappa shape index (κ1) is 15.7. The van der Waals surface area contributed by atoms with Crippen molar-refractivity contribution in [1.29, 1.82) is 0 Å². The minimum Gasteiger partial charge on any atom is -0.368 e. The second kappa shape index (κ2) is 6.39. The van der Waals surface area contributed by atoms with Crippen LogP contribution in [0.2, 0.25) is 0 Å². The highest BCUT2D eigenvalue weighted by Crippen LogP contribution is 2.20. The third-order valence-corrected chi connectivity index (χ3v) is 4.43. The SMILES string of the molecule is Cc1cc(C)c(C(=O)CN2CCCCC2C(N)=O)cc1C. The lowest BCUT2D eigenvalue weighted by Crippen LogP contribution is -2.49. The number of hydrogen-bond donors (Lipinski definition) is 1. The molecule has 1 atom stereocenters. The smallest absolute Gasteiger partial charge is 0.234 e. The Bertz CT molecular complexity index is 566. The minimum absolute atomic E-state index is 0.0729. The summed E-state index contributed by atoms with van der Waals surface area (Å²) in [6.45, 7) is 7.06. The van der Waals surface area contributed by atoms with Crippen molar-refractivity contribution >= 4 is 11.7 Å². The van der Waals surface area contributed by atoms with Crippen LogP contribution in [-0.4, -0.2) is 35.7 Å². The monoisotopic (exact) mass is 288 g/mol. The molecule has 1 aromatic rings. The van der Waals surface area contributed by atoms with Crippen LogP contribution in [-0.2, 0) is 4.79 Å². The number of carbonyl (C=O) groups excluding carboxylic acids is 2. The second-order valence-corrected chi connectivity index (χ2v) is 6.06. The fourth-order valence-electron chi connectivity index (χ4n) is 3.03. The average Bonchev–Trinajstić information content (AvgIpc) is 2.43. The fourth-order valence-corrected chi connectivity index (χ4v) is 3.03. The predicted molar refractivity (Wildman–Crippen MR) is 83.4 cm³/mol. The lowest BCUT2D eigenvalue weighted by atomic mass is 9.96. The minimum atomic E-state index is -0.320. The van der Waals surface area contributed by atoms with E-state index in [1.807, 2.05) is 37.8 Å². The number of hydrogen-bond acceptors (Lipinski definition) is 3. The molecule has 1 fully saturated rings. The second-order valence-electron chi connectivity index (χ2n) is 6.06. The van der Waals surface area contributed by atoms with Gasteiger partial charge in [-0.1, -0.05) is 12.5 Å². The first-order valence-electron chi connectivity index (χ1n) is 7.54. The predicted octanol–water partition coefficient (Wildman–Crippen LogP) is 2.13. The molecule has 1 amide bonds. The Hall–Kier alpha value is -1.68. The van der Waals surface area contributed by atoms with Gasteiger partial charge < -0.3 is 5.73 Å². The Morgan fingerprint density at radius 3 is 2.48 bits per heavy atom. The van der Waals surface area contributed by atoms with E-state index in [4.69, 9.17) is 5.73 Å². The van der Waals surface area contributed by atoms with Gasteiger partial charge in [0, 0.05) is 5.56 Å². The summed E-state index contributed by atoms with van der Waals surface area (Å²) in [5.41, 5.74) is 9.52. The lowest BCUT2D eigenvalue weighted by molar-refractivity contribution is -0.124. The van der Waals surface area contributed by atoms with Gasteiger partial charge in [0.15, 0.2) is 5.78 Å². The van der Waals surface area contributed by atoms with Crippen molar-refractivity contribution in [1.82, 2.24) is 4.90 Å². The largest absolute Gasteiger partial charge is 0.368 e. The van der Waals surface area contributed by atoms with Gasteiger partial charge in [-0.15, -0.1) is 0 Å². The van der Waals surface area contributed by atoms with Crippen LogP contribution in [0.4, 0.5) is 0 Å². The van der Waals surface area contributed by atoms with E-state index in [0.29, 0.717) is 0 Å². The molecule has 2 N–H and O–H groups in total. The van der Waals surface area contributed by atoms with Crippen molar-refractivity contribution in [3.8, 4) is 0 Å².